The van der Waals surface area contributed by atoms with E-state index >= 15 is 0 Å². The smallest absolute Gasteiger partial charge is 0.343 e. The third kappa shape index (κ3) is 5.10. The normalized spacial score (nSPS) is 14.3. The van der Waals surface area contributed by atoms with Crippen LogP contribution in [0.15, 0.2) is 72.1 Å². The number of carbonyl (C=O) groups excluding carboxylic acids is 1. The Morgan fingerprint density at radius 3 is 2.53 bits per heavy atom. The quantitative estimate of drug-likeness (QED) is 0.332. The van der Waals surface area contributed by atoms with Crippen molar-refractivity contribution in [2.75, 3.05) is 13.2 Å². The number of carbonyl (C=O) groups is 1. The van der Waals surface area contributed by atoms with Gasteiger partial charge in [0.05, 0.1) is 24.7 Å². The lowest BCUT2D eigenvalue weighted by Crippen LogP contribution is -2.21. The number of nitrogens with zero attached hydrogens (tertiary/aromatic N) is 1. The van der Waals surface area contributed by atoms with E-state index in [0.29, 0.717) is 36.0 Å². The number of nitrogens with two attached hydrogens (primary N) is 1. The molecule has 3 aromatic rings. The second-order valence-corrected chi connectivity index (χ2v) is 8.01. The van der Waals surface area contributed by atoms with Gasteiger partial charge in [-0.2, -0.15) is 5.26 Å². The summed E-state index contributed by atoms with van der Waals surface area (Å²) in [4.78, 5) is 12.5. The number of rotatable bonds is 8. The first-order valence-electron chi connectivity index (χ1n) is 11.5. The molecular weight excluding hydrogens is 463 g/mol. The summed E-state index contributed by atoms with van der Waals surface area (Å²) < 4.78 is 35.9. The highest BCUT2D eigenvalue weighted by molar-refractivity contribution is 5.91. The predicted octanol–water partition coefficient (Wildman–Crippen LogP) is 5.45. The zero-order valence-corrected chi connectivity index (χ0v) is 19.9. The Bertz CT molecular complexity index is 1350. The molecule has 4 rings (SSSR count). The molecule has 0 aliphatic carbocycles. The third-order valence-electron chi connectivity index (χ3n) is 5.54. The first-order chi connectivity index (χ1) is 17.4. The van der Waals surface area contributed by atoms with Gasteiger partial charge in [0, 0.05) is 11.6 Å². The van der Waals surface area contributed by atoms with Gasteiger partial charge in [0.1, 0.15) is 29.0 Å². The van der Waals surface area contributed by atoms with Gasteiger partial charge in [-0.1, -0.05) is 19.1 Å². The van der Waals surface area contributed by atoms with Gasteiger partial charge in [0.2, 0.25) is 5.88 Å². The van der Waals surface area contributed by atoms with E-state index in [4.69, 9.17) is 24.7 Å². The fourth-order valence-electron chi connectivity index (χ4n) is 3.90. The summed E-state index contributed by atoms with van der Waals surface area (Å²) in [5.74, 6) is 0.0885. The van der Waals surface area contributed by atoms with Crippen molar-refractivity contribution in [2.45, 2.75) is 26.2 Å². The van der Waals surface area contributed by atoms with Gasteiger partial charge in [0.25, 0.3) is 0 Å². The standard InChI is InChI=1S/C28H25FN2O5/c1-3-13-34-23-12-7-18(14-25(23)33-4-2)26-21-11-10-20(15-24(21)36-27(31)22(26)16-30)35-28(32)17-5-8-19(29)9-6-17/h5-12,14-15,26H,3-4,13,31H2,1-2H3. The Kier molecular flexibility index (Phi) is 7.40. The second kappa shape index (κ2) is 10.8. The molecule has 0 amide bonds. The molecule has 1 heterocycles. The van der Waals surface area contributed by atoms with Crippen molar-refractivity contribution in [3.63, 3.8) is 0 Å². The van der Waals surface area contributed by atoms with Crippen LogP contribution in [-0.2, 0) is 0 Å². The Hall–Kier alpha value is -4.51. The third-order valence-corrected chi connectivity index (χ3v) is 5.54. The molecule has 0 fully saturated rings. The maximum Gasteiger partial charge on any atom is 0.343 e. The van der Waals surface area contributed by atoms with Crippen LogP contribution < -0.4 is 24.7 Å². The van der Waals surface area contributed by atoms with Crippen LogP contribution in [0.25, 0.3) is 0 Å². The summed E-state index contributed by atoms with van der Waals surface area (Å²) in [6, 6.07) is 17.6. The Morgan fingerprint density at radius 1 is 1.06 bits per heavy atom. The molecule has 1 atom stereocenters. The van der Waals surface area contributed by atoms with Gasteiger partial charge < -0.3 is 24.7 Å². The molecule has 1 aliphatic heterocycles. The number of benzene rings is 3. The zero-order chi connectivity index (χ0) is 25.7. The van der Waals surface area contributed by atoms with Crippen LogP contribution in [0, 0.1) is 17.1 Å². The van der Waals surface area contributed by atoms with Crippen LogP contribution in [0.4, 0.5) is 4.39 Å². The molecule has 3 aromatic carbocycles. The van der Waals surface area contributed by atoms with Crippen molar-refractivity contribution in [1.29, 1.82) is 5.26 Å². The first kappa shape index (κ1) is 24.6. The molecule has 0 bridgehead atoms. The van der Waals surface area contributed by atoms with Crippen molar-refractivity contribution in [3.8, 4) is 29.1 Å². The van der Waals surface area contributed by atoms with Crippen molar-refractivity contribution in [3.05, 3.63) is 94.6 Å². The molecule has 2 N–H and O–H groups in total. The van der Waals surface area contributed by atoms with Crippen LogP contribution in [0.5, 0.6) is 23.0 Å². The molecule has 0 saturated heterocycles. The average molecular weight is 489 g/mol. The lowest BCUT2D eigenvalue weighted by Gasteiger charge is -2.27. The second-order valence-electron chi connectivity index (χ2n) is 8.01. The summed E-state index contributed by atoms with van der Waals surface area (Å²) in [5, 5.41) is 9.86. The Labute approximate surface area is 208 Å². The van der Waals surface area contributed by atoms with Crippen LogP contribution in [0.3, 0.4) is 0 Å². The van der Waals surface area contributed by atoms with Crippen LogP contribution in [0.2, 0.25) is 0 Å². The molecule has 8 heteroatoms. The topological polar surface area (TPSA) is 104 Å². The molecule has 1 unspecified atom stereocenters. The highest BCUT2D eigenvalue weighted by atomic mass is 19.1. The fourth-order valence-corrected chi connectivity index (χ4v) is 3.90. The summed E-state index contributed by atoms with van der Waals surface area (Å²) in [6.45, 7) is 4.90. The van der Waals surface area contributed by atoms with Crippen LogP contribution in [-0.4, -0.2) is 19.2 Å². The van der Waals surface area contributed by atoms with Gasteiger partial charge in [-0.05, 0) is 61.4 Å². The summed E-state index contributed by atoms with van der Waals surface area (Å²) in [7, 11) is 0. The van der Waals surface area contributed by atoms with Gasteiger partial charge in [-0.15, -0.1) is 0 Å². The molecule has 0 spiro atoms. The van der Waals surface area contributed by atoms with E-state index in [1.165, 1.54) is 30.3 Å². The van der Waals surface area contributed by atoms with Crippen LogP contribution >= 0.6 is 0 Å². The highest BCUT2D eigenvalue weighted by Crippen LogP contribution is 2.45. The number of hydrogen-bond acceptors (Lipinski definition) is 7. The van der Waals surface area contributed by atoms with Crippen molar-refractivity contribution >= 4 is 5.97 Å². The molecule has 0 radical (unpaired) electrons. The van der Waals surface area contributed by atoms with E-state index in [0.717, 1.165) is 12.0 Å². The monoisotopic (exact) mass is 488 g/mol. The lowest BCUT2D eigenvalue weighted by molar-refractivity contribution is 0.0734. The van der Waals surface area contributed by atoms with E-state index in [9.17, 15) is 14.4 Å². The average Bonchev–Trinajstić information content (AvgIpc) is 2.87. The van der Waals surface area contributed by atoms with Crippen molar-refractivity contribution in [2.24, 2.45) is 5.73 Å². The molecule has 1 aliphatic rings. The number of halogens is 1. The first-order valence-corrected chi connectivity index (χ1v) is 11.5. The molecule has 184 valence electrons. The number of allylic oxidation sites excluding steroid dienone is 1. The molecular formula is C28H25FN2O5. The maximum absolute atomic E-state index is 13.2. The minimum Gasteiger partial charge on any atom is -0.490 e. The van der Waals surface area contributed by atoms with Gasteiger partial charge in [-0.3, -0.25) is 0 Å². The Balaban J connectivity index is 1.69. The minimum absolute atomic E-state index is 0.0405. The summed E-state index contributed by atoms with van der Waals surface area (Å²) in [6.07, 6.45) is 0.854. The van der Waals surface area contributed by atoms with E-state index in [2.05, 4.69) is 6.07 Å². The van der Waals surface area contributed by atoms with E-state index < -0.39 is 17.7 Å². The highest BCUT2D eigenvalue weighted by Gasteiger charge is 2.32. The number of hydrogen-bond donors (Lipinski definition) is 1. The fraction of sp³-hybridized carbons (Fsp3) is 0.214. The molecule has 7 nitrogen and oxygen atoms in total. The maximum atomic E-state index is 13.2. The van der Waals surface area contributed by atoms with Gasteiger partial charge in [-0.25, -0.2) is 9.18 Å². The largest absolute Gasteiger partial charge is 0.490 e. The number of fused-ring (bicyclic) bond motifs is 1. The summed E-state index contributed by atoms with van der Waals surface area (Å²) >= 11 is 0. The summed E-state index contributed by atoms with van der Waals surface area (Å²) in [5.41, 5.74) is 8.01. The molecule has 0 saturated carbocycles. The SMILES string of the molecule is CCCOc1ccc(C2C(C#N)=C(N)Oc3cc(OC(=O)c4ccc(F)cc4)ccc32)cc1OCC. The van der Waals surface area contributed by atoms with Crippen LogP contribution in [0.1, 0.15) is 47.7 Å². The zero-order valence-electron chi connectivity index (χ0n) is 19.9. The predicted molar refractivity (Wildman–Crippen MR) is 130 cm³/mol. The molecule has 36 heavy (non-hydrogen) atoms. The number of esters is 1. The van der Waals surface area contributed by atoms with Gasteiger partial charge >= 0.3 is 5.97 Å². The molecule has 0 aromatic heterocycles. The minimum atomic E-state index is -0.646. The Morgan fingerprint density at radius 2 is 1.83 bits per heavy atom. The van der Waals surface area contributed by atoms with E-state index in [1.54, 1.807) is 12.1 Å². The van der Waals surface area contributed by atoms with Crippen molar-refractivity contribution in [1.82, 2.24) is 0 Å². The number of ether oxygens (including phenoxy) is 4. The number of nitriles is 1. The van der Waals surface area contributed by atoms with Gasteiger partial charge in [0.15, 0.2) is 11.5 Å². The van der Waals surface area contributed by atoms with E-state index in [1.807, 2.05) is 32.0 Å². The lowest BCUT2D eigenvalue weighted by atomic mass is 9.83. The van der Waals surface area contributed by atoms with Crippen molar-refractivity contribution < 1.29 is 28.1 Å². The van der Waals surface area contributed by atoms with E-state index in [-0.39, 0.29) is 22.8 Å².